The topological polar surface area (TPSA) is 79.4 Å². The lowest BCUT2D eigenvalue weighted by Gasteiger charge is -2.30. The van der Waals surface area contributed by atoms with E-state index in [4.69, 9.17) is 0 Å². The number of rotatable bonds is 5. The van der Waals surface area contributed by atoms with Crippen molar-refractivity contribution in [3.05, 3.63) is 48.0 Å². The molecular formula is C20H19F2N3O3S3. The lowest BCUT2D eigenvalue weighted by atomic mass is 9.97. The summed E-state index contributed by atoms with van der Waals surface area (Å²) in [6.45, 7) is 0.155. The fourth-order valence-electron chi connectivity index (χ4n) is 3.47. The second kappa shape index (κ2) is 8.81. The molecule has 2 aromatic carbocycles. The quantitative estimate of drug-likeness (QED) is 0.547. The summed E-state index contributed by atoms with van der Waals surface area (Å²) in [5, 5.41) is 3.33. The first-order chi connectivity index (χ1) is 14.8. The molecule has 1 amide bonds. The van der Waals surface area contributed by atoms with E-state index in [0.717, 1.165) is 31.6 Å². The van der Waals surface area contributed by atoms with Crippen LogP contribution in [0.1, 0.15) is 12.8 Å². The molecule has 0 spiro atoms. The Balaban J connectivity index is 1.41. The third kappa shape index (κ3) is 4.59. The molecule has 0 atom stereocenters. The van der Waals surface area contributed by atoms with Crippen molar-refractivity contribution in [3.63, 3.8) is 0 Å². The number of benzene rings is 2. The number of nitrogens with one attached hydrogen (secondary N) is 1. The minimum absolute atomic E-state index is 0.0775. The highest BCUT2D eigenvalue weighted by atomic mass is 32.2. The van der Waals surface area contributed by atoms with Gasteiger partial charge in [0.25, 0.3) is 0 Å². The van der Waals surface area contributed by atoms with Gasteiger partial charge in [0.15, 0.2) is 5.13 Å². The molecule has 0 bridgehead atoms. The van der Waals surface area contributed by atoms with Gasteiger partial charge in [-0.05, 0) is 49.4 Å². The highest BCUT2D eigenvalue weighted by Gasteiger charge is 2.33. The standard InChI is InChI=1S/C20H19F2N3O3S3/c1-29-14-3-4-16-17(11-14)30-20(23-16)24-19(26)12-6-8-25(9-7-12)31(27,28)18-5-2-13(21)10-15(18)22/h2-5,10-12H,6-9H2,1H3,(H,23,24,26). The number of halogens is 2. The van der Waals surface area contributed by atoms with Gasteiger partial charge in [-0.3, -0.25) is 4.79 Å². The van der Waals surface area contributed by atoms with E-state index in [0.29, 0.717) is 24.0 Å². The van der Waals surface area contributed by atoms with Crippen LogP contribution in [0, 0.1) is 17.6 Å². The Kier molecular flexibility index (Phi) is 6.29. The smallest absolute Gasteiger partial charge is 0.245 e. The summed E-state index contributed by atoms with van der Waals surface area (Å²) in [5.41, 5.74) is 0.806. The molecule has 1 aliphatic rings. The van der Waals surface area contributed by atoms with Crippen molar-refractivity contribution < 1.29 is 22.0 Å². The van der Waals surface area contributed by atoms with E-state index in [9.17, 15) is 22.0 Å². The Morgan fingerprint density at radius 2 is 1.94 bits per heavy atom. The van der Waals surface area contributed by atoms with E-state index in [1.54, 1.807) is 11.8 Å². The summed E-state index contributed by atoms with van der Waals surface area (Å²) in [6, 6.07) is 8.28. The lowest BCUT2D eigenvalue weighted by molar-refractivity contribution is -0.120. The largest absolute Gasteiger partial charge is 0.302 e. The van der Waals surface area contributed by atoms with Crippen LogP contribution >= 0.6 is 23.1 Å². The number of piperidine rings is 1. The van der Waals surface area contributed by atoms with Gasteiger partial charge < -0.3 is 5.32 Å². The van der Waals surface area contributed by atoms with Crippen molar-refractivity contribution >= 4 is 54.4 Å². The Labute approximate surface area is 186 Å². The number of hydrogen-bond donors (Lipinski definition) is 1. The Morgan fingerprint density at radius 1 is 1.19 bits per heavy atom. The van der Waals surface area contributed by atoms with E-state index in [-0.39, 0.29) is 24.9 Å². The van der Waals surface area contributed by atoms with Crippen LogP contribution < -0.4 is 5.32 Å². The lowest BCUT2D eigenvalue weighted by Crippen LogP contribution is -2.41. The van der Waals surface area contributed by atoms with Crippen molar-refractivity contribution in [1.82, 2.24) is 9.29 Å². The summed E-state index contributed by atoms with van der Waals surface area (Å²) in [5.74, 6) is -2.56. The molecule has 3 aromatic rings. The van der Waals surface area contributed by atoms with Crippen LogP contribution in [0.5, 0.6) is 0 Å². The molecule has 2 heterocycles. The first kappa shape index (κ1) is 22.1. The number of carbonyl (C=O) groups is 1. The van der Waals surface area contributed by atoms with Crippen LogP contribution in [-0.4, -0.2) is 43.0 Å². The number of carbonyl (C=O) groups excluding carboxylic acids is 1. The predicted molar refractivity (Wildman–Crippen MR) is 118 cm³/mol. The minimum Gasteiger partial charge on any atom is -0.302 e. The van der Waals surface area contributed by atoms with Gasteiger partial charge in [0, 0.05) is 30.0 Å². The van der Waals surface area contributed by atoms with Crippen molar-refractivity contribution in [2.45, 2.75) is 22.6 Å². The monoisotopic (exact) mass is 483 g/mol. The Hall–Kier alpha value is -2.08. The van der Waals surface area contributed by atoms with Crippen molar-refractivity contribution in [1.29, 1.82) is 0 Å². The van der Waals surface area contributed by atoms with E-state index in [1.807, 2.05) is 24.5 Å². The maximum Gasteiger partial charge on any atom is 0.245 e. The molecule has 1 fully saturated rings. The minimum atomic E-state index is -4.09. The summed E-state index contributed by atoms with van der Waals surface area (Å²) in [4.78, 5) is 17.7. The number of nitrogens with zero attached hydrogens (tertiary/aromatic N) is 2. The number of aromatic nitrogens is 1. The van der Waals surface area contributed by atoms with Gasteiger partial charge in [-0.2, -0.15) is 4.31 Å². The van der Waals surface area contributed by atoms with Gasteiger partial charge >= 0.3 is 0 Å². The van der Waals surface area contributed by atoms with Gasteiger partial charge in [-0.15, -0.1) is 11.8 Å². The highest BCUT2D eigenvalue weighted by Crippen LogP contribution is 2.31. The molecule has 1 N–H and O–H groups in total. The molecule has 164 valence electrons. The Morgan fingerprint density at radius 3 is 2.61 bits per heavy atom. The number of thioether (sulfide) groups is 1. The first-order valence-electron chi connectivity index (χ1n) is 9.48. The van der Waals surface area contributed by atoms with E-state index >= 15 is 0 Å². The first-order valence-corrected chi connectivity index (χ1v) is 13.0. The molecule has 0 unspecified atom stereocenters. The molecule has 1 saturated heterocycles. The predicted octanol–water partition coefficient (Wildman–Crippen LogP) is 4.34. The van der Waals surface area contributed by atoms with Crippen LogP contribution in [0.25, 0.3) is 10.2 Å². The summed E-state index contributed by atoms with van der Waals surface area (Å²) < 4.78 is 54.6. The van der Waals surface area contributed by atoms with Crippen LogP contribution in [0.2, 0.25) is 0 Å². The summed E-state index contributed by atoms with van der Waals surface area (Å²) in [7, 11) is -4.09. The number of anilines is 1. The van der Waals surface area contributed by atoms with Crippen molar-refractivity contribution in [2.24, 2.45) is 5.92 Å². The zero-order valence-electron chi connectivity index (χ0n) is 16.5. The van der Waals surface area contributed by atoms with Crippen molar-refractivity contribution in [3.8, 4) is 0 Å². The molecule has 6 nitrogen and oxygen atoms in total. The molecule has 0 radical (unpaired) electrons. The van der Waals surface area contributed by atoms with Crippen LogP contribution in [-0.2, 0) is 14.8 Å². The number of thiazole rings is 1. The second-order valence-electron chi connectivity index (χ2n) is 7.10. The van der Waals surface area contributed by atoms with Gasteiger partial charge in [0.05, 0.1) is 10.2 Å². The van der Waals surface area contributed by atoms with Crippen molar-refractivity contribution in [2.75, 3.05) is 24.7 Å². The molecule has 4 rings (SSSR count). The molecule has 1 aliphatic heterocycles. The molecule has 31 heavy (non-hydrogen) atoms. The fourth-order valence-corrected chi connectivity index (χ4v) is 6.41. The highest BCUT2D eigenvalue weighted by molar-refractivity contribution is 7.98. The average molecular weight is 484 g/mol. The normalized spacial score (nSPS) is 16.0. The van der Waals surface area contributed by atoms with E-state index < -0.39 is 26.6 Å². The number of hydrogen-bond acceptors (Lipinski definition) is 6. The molecular weight excluding hydrogens is 464 g/mol. The zero-order valence-corrected chi connectivity index (χ0v) is 18.9. The fraction of sp³-hybridized carbons (Fsp3) is 0.300. The SMILES string of the molecule is CSc1ccc2nc(NC(=O)C3CCN(S(=O)(=O)c4ccc(F)cc4F)CC3)sc2c1. The van der Waals surface area contributed by atoms with Gasteiger partial charge in [-0.1, -0.05) is 11.3 Å². The summed E-state index contributed by atoms with van der Waals surface area (Å²) >= 11 is 3.02. The maximum absolute atomic E-state index is 14.0. The van der Waals surface area contributed by atoms with Crippen LogP contribution in [0.4, 0.5) is 13.9 Å². The van der Waals surface area contributed by atoms with E-state index in [2.05, 4.69) is 10.3 Å². The third-order valence-electron chi connectivity index (χ3n) is 5.16. The summed E-state index contributed by atoms with van der Waals surface area (Å²) in [6.07, 6.45) is 2.59. The maximum atomic E-state index is 14.0. The van der Waals surface area contributed by atoms with E-state index in [1.165, 1.54) is 11.3 Å². The third-order valence-corrected chi connectivity index (χ3v) is 8.75. The average Bonchev–Trinajstić information content (AvgIpc) is 3.14. The second-order valence-corrected chi connectivity index (χ2v) is 10.9. The number of amides is 1. The van der Waals surface area contributed by atoms with Crippen LogP contribution in [0.15, 0.2) is 46.2 Å². The molecule has 0 saturated carbocycles. The molecule has 0 aliphatic carbocycles. The number of sulfonamides is 1. The van der Waals surface area contributed by atoms with Gasteiger partial charge in [0.1, 0.15) is 16.5 Å². The van der Waals surface area contributed by atoms with Gasteiger partial charge in [0.2, 0.25) is 15.9 Å². The molecule has 1 aromatic heterocycles. The number of fused-ring (bicyclic) bond motifs is 1. The zero-order chi connectivity index (χ0) is 22.2. The van der Waals surface area contributed by atoms with Gasteiger partial charge in [-0.25, -0.2) is 22.2 Å². The van der Waals surface area contributed by atoms with Crippen LogP contribution in [0.3, 0.4) is 0 Å². The Bertz CT molecular complexity index is 1240. The molecule has 11 heteroatoms.